The van der Waals surface area contributed by atoms with Gasteiger partial charge in [-0.1, -0.05) is 12.1 Å². The van der Waals surface area contributed by atoms with Crippen molar-refractivity contribution in [3.63, 3.8) is 0 Å². The van der Waals surface area contributed by atoms with Gasteiger partial charge in [0.1, 0.15) is 10.6 Å². The van der Waals surface area contributed by atoms with Crippen LogP contribution in [0.25, 0.3) is 0 Å². The van der Waals surface area contributed by atoms with Crippen LogP contribution < -0.4 is 0 Å². The molecule has 1 unspecified atom stereocenters. The molecule has 0 heterocycles. The van der Waals surface area contributed by atoms with Gasteiger partial charge in [-0.3, -0.25) is 0 Å². The molecule has 0 bridgehead atoms. The first-order valence-corrected chi connectivity index (χ1v) is 6.22. The number of likely N-dealkylation sites (N-methyl/N-ethyl adjacent to an activating group) is 1. The fourth-order valence-corrected chi connectivity index (χ4v) is 2.64. The van der Waals surface area contributed by atoms with Crippen molar-refractivity contribution in [2.45, 2.75) is 17.9 Å². The fourth-order valence-electron chi connectivity index (χ4n) is 1.31. The molecule has 0 aliphatic rings. The summed E-state index contributed by atoms with van der Waals surface area (Å²) in [5.74, 6) is -0.292. The van der Waals surface area contributed by atoms with Crippen LogP contribution in [0.5, 0.6) is 5.75 Å². The maximum Gasteiger partial charge on any atom is 0.246 e. The zero-order valence-corrected chi connectivity index (χ0v) is 9.98. The Balaban J connectivity index is 3.08. The van der Waals surface area contributed by atoms with E-state index in [1.165, 1.54) is 32.2 Å². The molecule has 90 valence electrons. The van der Waals surface area contributed by atoms with Crippen LogP contribution in [0, 0.1) is 0 Å². The average Bonchev–Trinajstić information content (AvgIpc) is 2.16. The van der Waals surface area contributed by atoms with E-state index in [2.05, 4.69) is 0 Å². The van der Waals surface area contributed by atoms with Gasteiger partial charge in [-0.05, 0) is 19.1 Å². The monoisotopic (exact) mass is 245 g/mol. The van der Waals surface area contributed by atoms with E-state index in [0.29, 0.717) is 0 Å². The highest BCUT2D eigenvalue weighted by molar-refractivity contribution is 7.89. The van der Waals surface area contributed by atoms with Crippen LogP contribution in [0.1, 0.15) is 6.92 Å². The largest absolute Gasteiger partial charge is 0.507 e. The lowest BCUT2D eigenvalue weighted by atomic mass is 10.3. The lowest BCUT2D eigenvalue weighted by Gasteiger charge is -2.19. The molecule has 1 atom stereocenters. The van der Waals surface area contributed by atoms with Crippen LogP contribution in [0.3, 0.4) is 0 Å². The van der Waals surface area contributed by atoms with E-state index < -0.39 is 16.1 Å². The van der Waals surface area contributed by atoms with E-state index in [9.17, 15) is 13.5 Å². The number of aliphatic hydroxyl groups excluding tert-OH is 1. The first-order chi connectivity index (χ1) is 7.35. The van der Waals surface area contributed by atoms with Gasteiger partial charge < -0.3 is 10.2 Å². The molecular weight excluding hydrogens is 230 g/mol. The van der Waals surface area contributed by atoms with Gasteiger partial charge in [0, 0.05) is 13.6 Å². The number of aliphatic hydroxyl groups is 1. The van der Waals surface area contributed by atoms with Gasteiger partial charge in [0.25, 0.3) is 0 Å². The summed E-state index contributed by atoms with van der Waals surface area (Å²) in [5, 5.41) is 18.6. The quantitative estimate of drug-likeness (QED) is 0.804. The Morgan fingerprint density at radius 3 is 2.44 bits per heavy atom. The third-order valence-electron chi connectivity index (χ3n) is 2.07. The molecule has 1 rings (SSSR count). The minimum Gasteiger partial charge on any atom is -0.507 e. The standard InChI is InChI=1S/C10H15NO4S/c1-8(12)7-11(2)16(14,15)10-6-4-3-5-9(10)13/h3-6,8,12-13H,7H2,1-2H3. The van der Waals surface area contributed by atoms with Crippen LogP contribution in [-0.4, -0.2) is 42.6 Å². The van der Waals surface area contributed by atoms with Crippen LogP contribution in [0.4, 0.5) is 0 Å². The number of hydrogen-bond donors (Lipinski definition) is 2. The second-order valence-corrected chi connectivity index (χ2v) is 5.62. The molecule has 5 nitrogen and oxygen atoms in total. The molecule has 0 amide bonds. The molecule has 0 fully saturated rings. The zero-order valence-electron chi connectivity index (χ0n) is 9.16. The minimum atomic E-state index is -3.74. The number of aromatic hydroxyl groups is 1. The SMILES string of the molecule is CC(O)CN(C)S(=O)(=O)c1ccccc1O. The molecule has 0 aliphatic heterocycles. The van der Waals surface area contributed by atoms with Crippen LogP contribution >= 0.6 is 0 Å². The molecule has 1 aromatic carbocycles. The lowest BCUT2D eigenvalue weighted by molar-refractivity contribution is 0.171. The first kappa shape index (κ1) is 13.0. The molecule has 1 aromatic rings. The third-order valence-corrected chi connectivity index (χ3v) is 3.95. The van der Waals surface area contributed by atoms with Crippen LogP contribution in [-0.2, 0) is 10.0 Å². The van der Waals surface area contributed by atoms with Gasteiger partial charge in [0.05, 0.1) is 6.10 Å². The predicted octanol–water partition coefficient (Wildman–Crippen LogP) is 0.394. The van der Waals surface area contributed by atoms with E-state index in [4.69, 9.17) is 5.11 Å². The number of hydrogen-bond acceptors (Lipinski definition) is 4. The fraction of sp³-hybridized carbons (Fsp3) is 0.400. The molecule has 2 N–H and O–H groups in total. The summed E-state index contributed by atoms with van der Waals surface area (Å²) in [5.41, 5.74) is 0. The summed E-state index contributed by atoms with van der Waals surface area (Å²) in [6, 6.07) is 5.71. The topological polar surface area (TPSA) is 77.8 Å². The minimum absolute atomic E-state index is 0.0172. The maximum atomic E-state index is 11.9. The summed E-state index contributed by atoms with van der Waals surface area (Å²) < 4.78 is 24.9. The second kappa shape index (κ2) is 4.82. The van der Waals surface area contributed by atoms with E-state index >= 15 is 0 Å². The van der Waals surface area contributed by atoms with Crippen molar-refractivity contribution in [1.29, 1.82) is 0 Å². The number of phenols is 1. The molecule has 0 saturated heterocycles. The summed E-state index contributed by atoms with van der Waals surface area (Å²) in [4.78, 5) is -0.154. The zero-order chi connectivity index (χ0) is 12.3. The third kappa shape index (κ3) is 2.72. The number of para-hydroxylation sites is 1. The van der Waals surface area contributed by atoms with Crippen molar-refractivity contribution in [2.24, 2.45) is 0 Å². The average molecular weight is 245 g/mol. The normalized spacial score (nSPS) is 14.0. The molecule has 0 aliphatic carbocycles. The molecular formula is C10H15NO4S. The number of rotatable bonds is 4. The van der Waals surface area contributed by atoms with E-state index in [0.717, 1.165) is 4.31 Å². The lowest BCUT2D eigenvalue weighted by Crippen LogP contribution is -2.33. The van der Waals surface area contributed by atoms with E-state index in [1.807, 2.05) is 0 Å². The second-order valence-electron chi connectivity index (χ2n) is 3.60. The van der Waals surface area contributed by atoms with Crippen molar-refractivity contribution in [1.82, 2.24) is 4.31 Å². The predicted molar refractivity (Wildman–Crippen MR) is 59.6 cm³/mol. The summed E-state index contributed by atoms with van der Waals surface area (Å²) in [6.45, 7) is 1.48. The van der Waals surface area contributed by atoms with Gasteiger partial charge in [0.15, 0.2) is 0 Å². The first-order valence-electron chi connectivity index (χ1n) is 4.78. The molecule has 0 aromatic heterocycles. The Kier molecular flexibility index (Phi) is 3.90. The number of nitrogens with zero attached hydrogens (tertiary/aromatic N) is 1. The van der Waals surface area contributed by atoms with Crippen LogP contribution in [0.15, 0.2) is 29.2 Å². The van der Waals surface area contributed by atoms with Gasteiger partial charge in [-0.15, -0.1) is 0 Å². The molecule has 16 heavy (non-hydrogen) atoms. The van der Waals surface area contributed by atoms with Gasteiger partial charge in [-0.25, -0.2) is 8.42 Å². The smallest absolute Gasteiger partial charge is 0.246 e. The highest BCUT2D eigenvalue weighted by Crippen LogP contribution is 2.24. The van der Waals surface area contributed by atoms with Crippen molar-refractivity contribution in [3.05, 3.63) is 24.3 Å². The van der Waals surface area contributed by atoms with Crippen molar-refractivity contribution in [3.8, 4) is 5.75 Å². The summed E-state index contributed by atoms with van der Waals surface area (Å²) in [7, 11) is -2.39. The molecule has 0 spiro atoms. The van der Waals surface area contributed by atoms with Gasteiger partial charge in [0.2, 0.25) is 10.0 Å². The van der Waals surface area contributed by atoms with E-state index in [1.54, 1.807) is 6.07 Å². The van der Waals surface area contributed by atoms with Gasteiger partial charge >= 0.3 is 0 Å². The number of phenolic OH excluding ortho intramolecular Hbond substituents is 1. The van der Waals surface area contributed by atoms with Crippen LogP contribution in [0.2, 0.25) is 0 Å². The Hall–Kier alpha value is -1.11. The maximum absolute atomic E-state index is 11.9. The summed E-state index contributed by atoms with van der Waals surface area (Å²) >= 11 is 0. The molecule has 0 radical (unpaired) electrons. The van der Waals surface area contributed by atoms with Crippen molar-refractivity contribution >= 4 is 10.0 Å². The Labute approximate surface area is 95.0 Å². The summed E-state index contributed by atoms with van der Waals surface area (Å²) in [6.07, 6.45) is -0.759. The highest BCUT2D eigenvalue weighted by Gasteiger charge is 2.24. The molecule has 0 saturated carbocycles. The highest BCUT2D eigenvalue weighted by atomic mass is 32.2. The number of sulfonamides is 1. The van der Waals surface area contributed by atoms with Crippen molar-refractivity contribution in [2.75, 3.05) is 13.6 Å². The van der Waals surface area contributed by atoms with Gasteiger partial charge in [-0.2, -0.15) is 4.31 Å². The molecule has 6 heteroatoms. The Bertz CT molecular complexity index is 456. The Morgan fingerprint density at radius 2 is 1.94 bits per heavy atom. The van der Waals surface area contributed by atoms with E-state index in [-0.39, 0.29) is 17.2 Å². The van der Waals surface area contributed by atoms with Crippen molar-refractivity contribution < 1.29 is 18.6 Å². The Morgan fingerprint density at radius 1 is 1.38 bits per heavy atom. The number of benzene rings is 1.